The summed E-state index contributed by atoms with van der Waals surface area (Å²) in [6, 6.07) is 9.12. The molecular weight excluding hydrogens is 502 g/mol. The van der Waals surface area contributed by atoms with Crippen LogP contribution in [0.15, 0.2) is 48.5 Å². The number of alkyl halides is 9. The van der Waals surface area contributed by atoms with Crippen molar-refractivity contribution in [3.8, 4) is 11.5 Å². The van der Waals surface area contributed by atoms with E-state index >= 15 is 0 Å². The maximum absolute atomic E-state index is 14.3. The van der Waals surface area contributed by atoms with Crippen molar-refractivity contribution in [2.24, 2.45) is 0 Å². The highest BCUT2D eigenvalue weighted by molar-refractivity contribution is 5.34. The van der Waals surface area contributed by atoms with Gasteiger partial charge in [0.2, 0.25) is 0 Å². The van der Waals surface area contributed by atoms with E-state index in [2.05, 4.69) is 0 Å². The Morgan fingerprint density at radius 3 is 1.57 bits per heavy atom. The van der Waals surface area contributed by atoms with E-state index in [-0.39, 0.29) is 17.1 Å². The molecule has 2 aromatic rings. The minimum Gasteiger partial charge on any atom is -0.457 e. The van der Waals surface area contributed by atoms with E-state index in [0.29, 0.717) is 0 Å². The predicted molar refractivity (Wildman–Crippen MR) is 103 cm³/mol. The molecule has 1 atom stereocenters. The largest absolute Gasteiger partial charge is 0.460 e. The Bertz CT molecular complexity index is 965. The average Bonchev–Trinajstić information content (AvgIpc) is 2.71. The smallest absolute Gasteiger partial charge is 0.457 e. The Morgan fingerprint density at radius 2 is 1.14 bits per heavy atom. The highest BCUT2D eigenvalue weighted by atomic mass is 19.4. The normalized spacial score (nSPS) is 14.7. The van der Waals surface area contributed by atoms with E-state index in [1.807, 2.05) is 0 Å². The van der Waals surface area contributed by atoms with Gasteiger partial charge in [-0.2, -0.15) is 39.5 Å². The van der Waals surface area contributed by atoms with Gasteiger partial charge < -0.3 is 4.74 Å². The Hall–Kier alpha value is -2.54. The third-order valence-corrected chi connectivity index (χ3v) is 4.37. The van der Waals surface area contributed by atoms with E-state index in [9.17, 15) is 43.9 Å². The summed E-state index contributed by atoms with van der Waals surface area (Å²) < 4.78 is 138. The first-order valence-corrected chi connectivity index (χ1v) is 9.85. The van der Waals surface area contributed by atoms with Crippen molar-refractivity contribution in [2.75, 3.05) is 0 Å². The van der Waals surface area contributed by atoms with Crippen LogP contribution < -0.4 is 4.74 Å². The zero-order valence-corrected chi connectivity index (χ0v) is 18.4. The first-order chi connectivity index (χ1) is 15.8. The molecule has 2 rings (SSSR count). The summed E-state index contributed by atoms with van der Waals surface area (Å²) in [5.41, 5.74) is -1.50. The SMILES string of the molecule is CC(C)(C)OOC(CC(F)(F)C(F)(F)C(F)(F)C(F)(F)F)c1ccc(Oc2ccc(F)cc2)cc1. The van der Waals surface area contributed by atoms with Gasteiger partial charge in [0.05, 0.1) is 12.0 Å². The summed E-state index contributed by atoms with van der Waals surface area (Å²) in [5.74, 6) is -20.0. The summed E-state index contributed by atoms with van der Waals surface area (Å²) in [5, 5.41) is 0. The second-order valence-corrected chi connectivity index (χ2v) is 8.46. The Balaban J connectivity index is 2.33. The first kappa shape index (κ1) is 28.7. The van der Waals surface area contributed by atoms with Crippen LogP contribution in [-0.2, 0) is 9.78 Å². The van der Waals surface area contributed by atoms with Crippen LogP contribution >= 0.6 is 0 Å². The van der Waals surface area contributed by atoms with Crippen LogP contribution in [0.1, 0.15) is 38.9 Å². The van der Waals surface area contributed by atoms with Crippen molar-refractivity contribution < 1.29 is 58.4 Å². The Labute approximate surface area is 193 Å². The lowest BCUT2D eigenvalue weighted by atomic mass is 9.95. The molecule has 0 saturated heterocycles. The molecule has 2 aromatic carbocycles. The fourth-order valence-corrected chi connectivity index (χ4v) is 2.57. The number of halogens is 10. The van der Waals surface area contributed by atoms with E-state index in [4.69, 9.17) is 14.5 Å². The maximum atomic E-state index is 14.3. The third kappa shape index (κ3) is 6.78. The van der Waals surface area contributed by atoms with Crippen LogP contribution in [0.4, 0.5) is 43.9 Å². The lowest BCUT2D eigenvalue weighted by Crippen LogP contribution is -2.61. The van der Waals surface area contributed by atoms with Gasteiger partial charge in [0.1, 0.15) is 23.4 Å². The highest BCUT2D eigenvalue weighted by Gasteiger charge is 2.81. The van der Waals surface area contributed by atoms with E-state index < -0.39 is 47.9 Å². The molecular formula is C22H20F10O3. The lowest BCUT2D eigenvalue weighted by molar-refractivity contribution is -0.413. The van der Waals surface area contributed by atoms with Gasteiger partial charge in [-0.1, -0.05) is 12.1 Å². The van der Waals surface area contributed by atoms with Gasteiger partial charge >= 0.3 is 23.9 Å². The topological polar surface area (TPSA) is 27.7 Å². The minimum absolute atomic E-state index is 0.0801. The molecule has 35 heavy (non-hydrogen) atoms. The van der Waals surface area contributed by atoms with E-state index in [1.54, 1.807) is 0 Å². The molecule has 0 N–H and O–H groups in total. The number of hydrogen-bond acceptors (Lipinski definition) is 3. The van der Waals surface area contributed by atoms with Crippen LogP contribution in [0.5, 0.6) is 11.5 Å². The highest BCUT2D eigenvalue weighted by Crippen LogP contribution is 2.55. The zero-order valence-electron chi connectivity index (χ0n) is 18.4. The monoisotopic (exact) mass is 522 g/mol. The van der Waals surface area contributed by atoms with Gasteiger partial charge in [0.25, 0.3) is 0 Å². The number of benzene rings is 2. The van der Waals surface area contributed by atoms with Crippen LogP contribution in [0.25, 0.3) is 0 Å². The third-order valence-electron chi connectivity index (χ3n) is 4.37. The van der Waals surface area contributed by atoms with Gasteiger partial charge in [-0.05, 0) is 62.7 Å². The van der Waals surface area contributed by atoms with Crippen molar-refractivity contribution in [1.82, 2.24) is 0 Å². The molecule has 0 fully saturated rings. The minimum atomic E-state index is -7.02. The van der Waals surface area contributed by atoms with E-state index in [1.165, 1.54) is 32.9 Å². The van der Waals surface area contributed by atoms with Gasteiger partial charge in [-0.25, -0.2) is 14.2 Å². The van der Waals surface area contributed by atoms with Crippen LogP contribution in [0, 0.1) is 5.82 Å². The van der Waals surface area contributed by atoms with Gasteiger partial charge in [0, 0.05) is 0 Å². The van der Waals surface area contributed by atoms with Gasteiger partial charge in [0.15, 0.2) is 0 Å². The first-order valence-electron chi connectivity index (χ1n) is 9.85. The molecule has 196 valence electrons. The van der Waals surface area contributed by atoms with E-state index in [0.717, 1.165) is 36.4 Å². The summed E-state index contributed by atoms with van der Waals surface area (Å²) in [7, 11) is 0. The zero-order chi connectivity index (χ0) is 26.9. The lowest BCUT2D eigenvalue weighted by Gasteiger charge is -2.35. The van der Waals surface area contributed by atoms with Crippen LogP contribution in [0.3, 0.4) is 0 Å². The van der Waals surface area contributed by atoms with Crippen molar-refractivity contribution in [1.29, 1.82) is 0 Å². The summed E-state index contributed by atoms with van der Waals surface area (Å²) in [6.45, 7) is 4.15. The molecule has 0 aromatic heterocycles. The second-order valence-electron chi connectivity index (χ2n) is 8.46. The second kappa shape index (κ2) is 9.84. The molecule has 0 bridgehead atoms. The predicted octanol–water partition coefficient (Wildman–Crippen LogP) is 8.26. The maximum Gasteiger partial charge on any atom is 0.460 e. The summed E-state index contributed by atoms with van der Waals surface area (Å²) >= 11 is 0. The molecule has 0 spiro atoms. The Kier molecular flexibility index (Phi) is 8.07. The van der Waals surface area contributed by atoms with Crippen molar-refractivity contribution in [3.05, 3.63) is 59.9 Å². The molecule has 0 heterocycles. The molecule has 0 amide bonds. The molecule has 0 aliphatic carbocycles. The van der Waals surface area contributed by atoms with Crippen molar-refractivity contribution in [3.63, 3.8) is 0 Å². The van der Waals surface area contributed by atoms with Gasteiger partial charge in [-0.15, -0.1) is 0 Å². The molecule has 0 aliphatic heterocycles. The molecule has 0 radical (unpaired) electrons. The summed E-state index contributed by atoms with van der Waals surface area (Å²) in [6.07, 6.45) is -11.4. The van der Waals surface area contributed by atoms with Crippen LogP contribution in [0.2, 0.25) is 0 Å². The average molecular weight is 522 g/mol. The molecule has 0 saturated carbocycles. The van der Waals surface area contributed by atoms with Crippen molar-refractivity contribution >= 4 is 0 Å². The number of rotatable bonds is 9. The number of ether oxygens (including phenoxy) is 1. The summed E-state index contributed by atoms with van der Waals surface area (Å²) in [4.78, 5) is 9.61. The Morgan fingerprint density at radius 1 is 0.686 bits per heavy atom. The van der Waals surface area contributed by atoms with Crippen LogP contribution in [-0.4, -0.2) is 29.5 Å². The number of hydrogen-bond donors (Lipinski definition) is 0. The molecule has 3 nitrogen and oxygen atoms in total. The fraction of sp³-hybridized carbons (Fsp3) is 0.455. The fourth-order valence-electron chi connectivity index (χ4n) is 2.57. The quantitative estimate of drug-likeness (QED) is 0.189. The van der Waals surface area contributed by atoms with Gasteiger partial charge in [-0.3, -0.25) is 0 Å². The molecule has 0 aliphatic rings. The standard InChI is InChI=1S/C22H20F10O3/c1-18(2,3)35-34-17(12-19(24,25)20(26,27)21(28,29)22(30,31)32)13-4-8-15(9-5-13)33-16-10-6-14(23)7-11-16/h4-11,17H,12H2,1-3H3. The molecule has 1 unspecified atom stereocenters. The molecule has 13 heteroatoms. The van der Waals surface area contributed by atoms with Crippen molar-refractivity contribution in [2.45, 2.75) is 62.8 Å².